The van der Waals surface area contributed by atoms with E-state index in [2.05, 4.69) is 15.1 Å². The summed E-state index contributed by atoms with van der Waals surface area (Å²) in [6.07, 6.45) is 4.70. The van der Waals surface area contributed by atoms with Gasteiger partial charge >= 0.3 is 0 Å². The maximum absolute atomic E-state index is 12.7. The lowest BCUT2D eigenvalue weighted by atomic mass is 10.1. The van der Waals surface area contributed by atoms with Crippen LogP contribution in [0.3, 0.4) is 0 Å². The van der Waals surface area contributed by atoms with Crippen LogP contribution in [-0.4, -0.2) is 43.7 Å². The molecular formula is C23H19N5O2S. The highest BCUT2D eigenvalue weighted by atomic mass is 32.2. The second-order valence-corrected chi connectivity index (χ2v) is 8.18. The van der Waals surface area contributed by atoms with E-state index in [1.54, 1.807) is 27.9 Å². The Morgan fingerprint density at radius 2 is 1.81 bits per heavy atom. The SMILES string of the molecule is O=C(CSc1ncnc2c1cnn2-c1ccccc1)c1ccc(N2CCCC2=O)cc1. The van der Waals surface area contributed by atoms with Crippen molar-refractivity contribution in [1.82, 2.24) is 19.7 Å². The molecule has 31 heavy (non-hydrogen) atoms. The van der Waals surface area contributed by atoms with Crippen LogP contribution in [0.25, 0.3) is 16.7 Å². The Morgan fingerprint density at radius 3 is 2.55 bits per heavy atom. The van der Waals surface area contributed by atoms with Crippen LogP contribution in [0.4, 0.5) is 5.69 Å². The quantitative estimate of drug-likeness (QED) is 0.263. The lowest BCUT2D eigenvalue weighted by molar-refractivity contribution is -0.117. The lowest BCUT2D eigenvalue weighted by Gasteiger charge is -2.15. The summed E-state index contributed by atoms with van der Waals surface area (Å²) in [6, 6.07) is 17.0. The van der Waals surface area contributed by atoms with E-state index < -0.39 is 0 Å². The van der Waals surface area contributed by atoms with Gasteiger partial charge < -0.3 is 4.90 Å². The first-order chi connectivity index (χ1) is 15.2. The van der Waals surface area contributed by atoms with Crippen LogP contribution in [0.2, 0.25) is 0 Å². The van der Waals surface area contributed by atoms with Crippen molar-refractivity contribution in [2.75, 3.05) is 17.2 Å². The molecule has 0 N–H and O–H groups in total. The van der Waals surface area contributed by atoms with Gasteiger partial charge in [-0.25, -0.2) is 14.6 Å². The maximum Gasteiger partial charge on any atom is 0.227 e. The fourth-order valence-electron chi connectivity index (χ4n) is 3.66. The first-order valence-electron chi connectivity index (χ1n) is 10.0. The Bertz CT molecular complexity index is 1250. The molecule has 0 unspecified atom stereocenters. The largest absolute Gasteiger partial charge is 0.312 e. The van der Waals surface area contributed by atoms with Crippen LogP contribution < -0.4 is 4.90 Å². The zero-order valence-electron chi connectivity index (χ0n) is 16.6. The van der Waals surface area contributed by atoms with Gasteiger partial charge in [0.25, 0.3) is 0 Å². The number of hydrogen-bond donors (Lipinski definition) is 0. The van der Waals surface area contributed by atoms with Crippen LogP contribution in [-0.2, 0) is 4.79 Å². The second-order valence-electron chi connectivity index (χ2n) is 7.22. The van der Waals surface area contributed by atoms with Crippen molar-refractivity contribution in [1.29, 1.82) is 0 Å². The number of carbonyl (C=O) groups is 2. The van der Waals surface area contributed by atoms with Crippen molar-refractivity contribution in [2.45, 2.75) is 17.9 Å². The minimum atomic E-state index is 0.00603. The van der Waals surface area contributed by atoms with Crippen molar-refractivity contribution >= 4 is 40.2 Å². The van der Waals surface area contributed by atoms with Gasteiger partial charge in [0, 0.05) is 24.2 Å². The van der Waals surface area contributed by atoms with Crippen molar-refractivity contribution < 1.29 is 9.59 Å². The Kier molecular flexibility index (Phi) is 5.21. The van der Waals surface area contributed by atoms with E-state index in [0.29, 0.717) is 17.6 Å². The standard InChI is InChI=1S/C23H19N5O2S/c29-20(16-8-10-17(11-9-16)27-12-4-7-21(27)30)14-31-23-19-13-26-28(22(19)24-15-25-23)18-5-2-1-3-6-18/h1-3,5-6,8-11,13,15H,4,7,12,14H2. The average Bonchev–Trinajstić information content (AvgIpc) is 3.44. The minimum Gasteiger partial charge on any atom is -0.312 e. The van der Waals surface area contributed by atoms with Crippen LogP contribution in [0, 0.1) is 0 Å². The normalized spacial score (nSPS) is 13.8. The molecule has 154 valence electrons. The molecule has 8 heteroatoms. The number of rotatable bonds is 6. The molecule has 7 nitrogen and oxygen atoms in total. The molecule has 5 rings (SSSR count). The van der Waals surface area contributed by atoms with Gasteiger partial charge in [-0.05, 0) is 42.8 Å². The number of para-hydroxylation sites is 1. The summed E-state index contributed by atoms with van der Waals surface area (Å²) in [4.78, 5) is 35.1. The number of aromatic nitrogens is 4. The monoisotopic (exact) mass is 429 g/mol. The third-order valence-electron chi connectivity index (χ3n) is 5.24. The number of nitrogens with zero attached hydrogens (tertiary/aromatic N) is 5. The topological polar surface area (TPSA) is 81.0 Å². The minimum absolute atomic E-state index is 0.00603. The fraction of sp³-hybridized carbons (Fsp3) is 0.174. The molecule has 0 radical (unpaired) electrons. The number of thioether (sulfide) groups is 1. The van der Waals surface area contributed by atoms with E-state index in [1.807, 2.05) is 42.5 Å². The molecule has 1 aliphatic rings. The molecular weight excluding hydrogens is 410 g/mol. The molecule has 0 aliphatic carbocycles. The maximum atomic E-state index is 12.7. The lowest BCUT2D eigenvalue weighted by Crippen LogP contribution is -2.23. The van der Waals surface area contributed by atoms with Crippen molar-refractivity contribution in [3.8, 4) is 5.69 Å². The van der Waals surface area contributed by atoms with Crippen molar-refractivity contribution in [3.05, 3.63) is 72.7 Å². The first kappa shape index (κ1) is 19.4. The summed E-state index contributed by atoms with van der Waals surface area (Å²) in [5.74, 6) is 0.398. The van der Waals surface area contributed by atoms with Crippen LogP contribution in [0.5, 0.6) is 0 Å². The zero-order chi connectivity index (χ0) is 21.2. The van der Waals surface area contributed by atoms with Gasteiger partial charge in [0.15, 0.2) is 11.4 Å². The van der Waals surface area contributed by atoms with E-state index in [0.717, 1.165) is 34.8 Å². The third kappa shape index (κ3) is 3.82. The van der Waals surface area contributed by atoms with Gasteiger partial charge in [-0.15, -0.1) is 0 Å². The van der Waals surface area contributed by atoms with Crippen LogP contribution >= 0.6 is 11.8 Å². The summed E-state index contributed by atoms with van der Waals surface area (Å²) in [5, 5.41) is 5.98. The smallest absolute Gasteiger partial charge is 0.227 e. The zero-order valence-corrected chi connectivity index (χ0v) is 17.5. The molecule has 0 atom stereocenters. The first-order valence-corrected chi connectivity index (χ1v) is 11.0. The van der Waals surface area contributed by atoms with Crippen molar-refractivity contribution in [3.63, 3.8) is 0 Å². The third-order valence-corrected chi connectivity index (χ3v) is 6.25. The summed E-state index contributed by atoms with van der Waals surface area (Å²) in [5.41, 5.74) is 3.08. The second kappa shape index (κ2) is 8.31. The molecule has 2 aromatic carbocycles. The predicted molar refractivity (Wildman–Crippen MR) is 120 cm³/mol. The van der Waals surface area contributed by atoms with Gasteiger partial charge in [0.05, 0.1) is 23.0 Å². The number of fused-ring (bicyclic) bond motifs is 1. The molecule has 1 saturated heterocycles. The Hall–Kier alpha value is -3.52. The number of anilines is 1. The Balaban J connectivity index is 1.31. The molecule has 1 fully saturated rings. The summed E-state index contributed by atoms with van der Waals surface area (Å²) < 4.78 is 1.77. The molecule has 3 heterocycles. The highest BCUT2D eigenvalue weighted by molar-refractivity contribution is 8.00. The van der Waals surface area contributed by atoms with Gasteiger partial charge in [0.1, 0.15) is 11.4 Å². The summed E-state index contributed by atoms with van der Waals surface area (Å²) in [7, 11) is 0. The number of benzene rings is 2. The number of amides is 1. The van der Waals surface area contributed by atoms with E-state index in [4.69, 9.17) is 0 Å². The van der Waals surface area contributed by atoms with Gasteiger partial charge in [-0.1, -0.05) is 30.0 Å². The molecule has 1 aliphatic heterocycles. The van der Waals surface area contributed by atoms with Gasteiger partial charge in [0.2, 0.25) is 5.91 Å². The highest BCUT2D eigenvalue weighted by Gasteiger charge is 2.21. The number of ketones is 1. The molecule has 0 bridgehead atoms. The van der Waals surface area contributed by atoms with E-state index in [-0.39, 0.29) is 17.4 Å². The molecule has 2 aromatic heterocycles. The van der Waals surface area contributed by atoms with Crippen LogP contribution in [0.1, 0.15) is 23.2 Å². The summed E-state index contributed by atoms with van der Waals surface area (Å²) >= 11 is 1.37. The Morgan fingerprint density at radius 1 is 1.00 bits per heavy atom. The van der Waals surface area contributed by atoms with Crippen LogP contribution in [0.15, 0.2) is 72.1 Å². The van der Waals surface area contributed by atoms with Gasteiger partial charge in [-0.3, -0.25) is 9.59 Å². The number of carbonyl (C=O) groups excluding carboxylic acids is 2. The van der Waals surface area contributed by atoms with E-state index >= 15 is 0 Å². The fourth-order valence-corrected chi connectivity index (χ4v) is 4.52. The van der Waals surface area contributed by atoms with Gasteiger partial charge in [-0.2, -0.15) is 5.10 Å². The molecule has 1 amide bonds. The molecule has 4 aromatic rings. The van der Waals surface area contributed by atoms with E-state index in [1.165, 1.54) is 18.1 Å². The average molecular weight is 430 g/mol. The number of Topliss-reactive ketones (excluding diaryl/α,β-unsaturated/α-hetero) is 1. The van der Waals surface area contributed by atoms with Crippen molar-refractivity contribution in [2.24, 2.45) is 0 Å². The number of hydrogen-bond acceptors (Lipinski definition) is 6. The highest BCUT2D eigenvalue weighted by Crippen LogP contribution is 2.27. The molecule has 0 saturated carbocycles. The summed E-state index contributed by atoms with van der Waals surface area (Å²) in [6.45, 7) is 0.738. The molecule has 0 spiro atoms. The predicted octanol–water partition coefficient (Wildman–Crippen LogP) is 3.92. The van der Waals surface area contributed by atoms with E-state index in [9.17, 15) is 9.59 Å². The Labute approximate surface area is 183 Å².